The number of carbonyl (C=O) groups excluding carboxylic acids is 1. The zero-order chi connectivity index (χ0) is 17.8. The van der Waals surface area contributed by atoms with Gasteiger partial charge in [0.2, 0.25) is 5.91 Å². The SMILES string of the molecule is CN(C)C(CNC(=O)C1COc2ccccc2C1)c1ccccc1Cl. The molecule has 1 aliphatic heterocycles. The average molecular weight is 359 g/mol. The van der Waals surface area contributed by atoms with Gasteiger partial charge in [-0.15, -0.1) is 0 Å². The zero-order valence-electron chi connectivity index (χ0n) is 14.5. The lowest BCUT2D eigenvalue weighted by Crippen LogP contribution is -2.41. The molecule has 0 spiro atoms. The summed E-state index contributed by atoms with van der Waals surface area (Å²) >= 11 is 6.32. The molecule has 25 heavy (non-hydrogen) atoms. The molecule has 1 N–H and O–H groups in total. The summed E-state index contributed by atoms with van der Waals surface area (Å²) in [7, 11) is 3.97. The van der Waals surface area contributed by atoms with Crippen LogP contribution in [0.3, 0.4) is 0 Å². The molecule has 0 saturated carbocycles. The van der Waals surface area contributed by atoms with Crippen LogP contribution in [0.4, 0.5) is 0 Å². The van der Waals surface area contributed by atoms with Crippen molar-refractivity contribution in [2.75, 3.05) is 27.2 Å². The zero-order valence-corrected chi connectivity index (χ0v) is 15.3. The summed E-state index contributed by atoms with van der Waals surface area (Å²) < 4.78 is 5.72. The number of nitrogens with one attached hydrogen (secondary N) is 1. The van der Waals surface area contributed by atoms with E-state index in [0.29, 0.717) is 24.6 Å². The van der Waals surface area contributed by atoms with Crippen molar-refractivity contribution in [3.05, 3.63) is 64.7 Å². The molecule has 1 amide bonds. The standard InChI is InChI=1S/C20H23ClN2O2/c1-23(2)18(16-8-4-5-9-17(16)21)12-22-20(24)15-11-14-7-3-6-10-19(14)25-13-15/h3-10,15,18H,11-13H2,1-2H3,(H,22,24). The number of likely N-dealkylation sites (N-methyl/N-ethyl adjacent to an activating group) is 1. The first kappa shape index (κ1) is 17.8. The number of benzene rings is 2. The molecule has 2 atom stereocenters. The Morgan fingerprint density at radius 1 is 1.24 bits per heavy atom. The smallest absolute Gasteiger partial charge is 0.226 e. The number of carbonyl (C=O) groups is 1. The number of rotatable bonds is 5. The highest BCUT2D eigenvalue weighted by molar-refractivity contribution is 6.31. The maximum Gasteiger partial charge on any atom is 0.226 e. The minimum absolute atomic E-state index is 0.0217. The first-order valence-electron chi connectivity index (χ1n) is 8.45. The lowest BCUT2D eigenvalue weighted by Gasteiger charge is -2.28. The molecule has 0 radical (unpaired) electrons. The van der Waals surface area contributed by atoms with Gasteiger partial charge in [-0.2, -0.15) is 0 Å². The van der Waals surface area contributed by atoms with Gasteiger partial charge in [0.15, 0.2) is 0 Å². The Bertz CT molecular complexity index is 748. The summed E-state index contributed by atoms with van der Waals surface area (Å²) in [6, 6.07) is 15.7. The molecule has 0 aliphatic carbocycles. The van der Waals surface area contributed by atoms with E-state index in [-0.39, 0.29) is 17.9 Å². The fourth-order valence-corrected chi connectivity index (χ4v) is 3.42. The normalized spacial score (nSPS) is 17.5. The van der Waals surface area contributed by atoms with Crippen molar-refractivity contribution in [3.63, 3.8) is 0 Å². The van der Waals surface area contributed by atoms with Gasteiger partial charge in [0.25, 0.3) is 0 Å². The van der Waals surface area contributed by atoms with Crippen molar-refractivity contribution in [1.82, 2.24) is 10.2 Å². The molecular weight excluding hydrogens is 336 g/mol. The molecule has 2 unspecified atom stereocenters. The molecule has 5 heteroatoms. The third-order valence-electron chi connectivity index (χ3n) is 4.61. The van der Waals surface area contributed by atoms with Crippen LogP contribution in [0.15, 0.2) is 48.5 Å². The number of halogens is 1. The summed E-state index contributed by atoms with van der Waals surface area (Å²) in [6.45, 7) is 0.926. The van der Waals surface area contributed by atoms with E-state index in [1.54, 1.807) is 0 Å². The maximum absolute atomic E-state index is 12.6. The van der Waals surface area contributed by atoms with Gasteiger partial charge in [-0.25, -0.2) is 0 Å². The van der Waals surface area contributed by atoms with E-state index < -0.39 is 0 Å². The Kier molecular flexibility index (Phi) is 5.61. The minimum atomic E-state index is -0.163. The van der Waals surface area contributed by atoms with Gasteiger partial charge < -0.3 is 15.0 Å². The first-order chi connectivity index (χ1) is 12.1. The Morgan fingerprint density at radius 3 is 2.72 bits per heavy atom. The molecular formula is C20H23ClN2O2. The fourth-order valence-electron chi connectivity index (χ4n) is 3.15. The van der Waals surface area contributed by atoms with Crippen LogP contribution >= 0.6 is 11.6 Å². The second-order valence-corrected chi connectivity index (χ2v) is 6.97. The average Bonchev–Trinajstić information content (AvgIpc) is 2.62. The minimum Gasteiger partial charge on any atom is -0.492 e. The lowest BCUT2D eigenvalue weighted by atomic mass is 9.96. The summed E-state index contributed by atoms with van der Waals surface area (Å²) in [5, 5.41) is 3.78. The summed E-state index contributed by atoms with van der Waals surface area (Å²) in [5.74, 6) is 0.742. The largest absolute Gasteiger partial charge is 0.492 e. The number of para-hydroxylation sites is 1. The van der Waals surface area contributed by atoms with Crippen LogP contribution in [0.5, 0.6) is 5.75 Å². The van der Waals surface area contributed by atoms with Gasteiger partial charge in [-0.05, 0) is 43.8 Å². The Labute approximate surface area is 153 Å². The van der Waals surface area contributed by atoms with Gasteiger partial charge in [0, 0.05) is 11.6 Å². The van der Waals surface area contributed by atoms with Gasteiger partial charge in [0.05, 0.1) is 12.0 Å². The van der Waals surface area contributed by atoms with E-state index >= 15 is 0 Å². The number of hydrogen-bond acceptors (Lipinski definition) is 3. The number of ether oxygens (including phenoxy) is 1. The Morgan fingerprint density at radius 2 is 1.96 bits per heavy atom. The molecule has 0 bridgehead atoms. The number of hydrogen-bond donors (Lipinski definition) is 1. The molecule has 0 fully saturated rings. The van der Waals surface area contributed by atoms with E-state index in [2.05, 4.69) is 10.2 Å². The topological polar surface area (TPSA) is 41.6 Å². The van der Waals surface area contributed by atoms with E-state index in [1.165, 1.54) is 0 Å². The summed E-state index contributed by atoms with van der Waals surface area (Å²) in [6.07, 6.45) is 0.709. The molecule has 2 aromatic carbocycles. The molecule has 0 aromatic heterocycles. The predicted octanol–water partition coefficient (Wildman–Crippen LogP) is 3.31. The first-order valence-corrected chi connectivity index (χ1v) is 8.83. The predicted molar refractivity (Wildman–Crippen MR) is 100 cm³/mol. The maximum atomic E-state index is 12.6. The van der Waals surface area contributed by atoms with Crippen LogP contribution in [-0.2, 0) is 11.2 Å². The highest BCUT2D eigenvalue weighted by atomic mass is 35.5. The number of nitrogens with zero attached hydrogens (tertiary/aromatic N) is 1. The number of amides is 1. The van der Waals surface area contributed by atoms with E-state index in [4.69, 9.17) is 16.3 Å². The molecule has 2 aromatic rings. The molecule has 1 aliphatic rings. The van der Waals surface area contributed by atoms with Crippen molar-refractivity contribution < 1.29 is 9.53 Å². The van der Waals surface area contributed by atoms with Crippen LogP contribution in [0.25, 0.3) is 0 Å². The van der Waals surface area contributed by atoms with E-state index in [0.717, 1.165) is 16.9 Å². The Balaban J connectivity index is 1.64. The molecule has 4 nitrogen and oxygen atoms in total. The third kappa shape index (κ3) is 4.14. The summed E-state index contributed by atoms with van der Waals surface area (Å²) in [4.78, 5) is 14.7. The van der Waals surface area contributed by atoms with E-state index in [1.807, 2.05) is 62.6 Å². The highest BCUT2D eigenvalue weighted by Crippen LogP contribution is 2.28. The second-order valence-electron chi connectivity index (χ2n) is 6.57. The van der Waals surface area contributed by atoms with Crippen molar-refractivity contribution in [3.8, 4) is 5.75 Å². The van der Waals surface area contributed by atoms with Crippen LogP contribution in [0.1, 0.15) is 17.2 Å². The van der Waals surface area contributed by atoms with Crippen LogP contribution in [0.2, 0.25) is 5.02 Å². The third-order valence-corrected chi connectivity index (χ3v) is 4.95. The van der Waals surface area contributed by atoms with Crippen molar-refractivity contribution in [2.24, 2.45) is 5.92 Å². The van der Waals surface area contributed by atoms with Crippen LogP contribution in [0, 0.1) is 5.92 Å². The molecule has 3 rings (SSSR count). The van der Waals surface area contributed by atoms with Crippen LogP contribution in [-0.4, -0.2) is 38.1 Å². The van der Waals surface area contributed by atoms with Crippen LogP contribution < -0.4 is 10.1 Å². The summed E-state index contributed by atoms with van der Waals surface area (Å²) in [5.41, 5.74) is 2.10. The molecule has 1 heterocycles. The lowest BCUT2D eigenvalue weighted by molar-refractivity contribution is -0.126. The Hall–Kier alpha value is -2.04. The van der Waals surface area contributed by atoms with E-state index in [9.17, 15) is 4.79 Å². The van der Waals surface area contributed by atoms with Gasteiger partial charge >= 0.3 is 0 Å². The van der Waals surface area contributed by atoms with Crippen molar-refractivity contribution in [2.45, 2.75) is 12.5 Å². The van der Waals surface area contributed by atoms with Gasteiger partial charge in [0.1, 0.15) is 12.4 Å². The van der Waals surface area contributed by atoms with Crippen molar-refractivity contribution in [1.29, 1.82) is 0 Å². The van der Waals surface area contributed by atoms with Gasteiger partial charge in [-0.1, -0.05) is 48.0 Å². The van der Waals surface area contributed by atoms with Crippen molar-refractivity contribution >= 4 is 17.5 Å². The van der Waals surface area contributed by atoms with Gasteiger partial charge in [-0.3, -0.25) is 4.79 Å². The second kappa shape index (κ2) is 7.89. The monoisotopic (exact) mass is 358 g/mol. The highest BCUT2D eigenvalue weighted by Gasteiger charge is 2.27. The quantitative estimate of drug-likeness (QED) is 0.891. The number of fused-ring (bicyclic) bond motifs is 1. The molecule has 0 saturated heterocycles. The fraction of sp³-hybridized carbons (Fsp3) is 0.350. The molecule has 132 valence electrons.